The van der Waals surface area contributed by atoms with Gasteiger partial charge in [-0.2, -0.15) is 0 Å². The fourth-order valence-corrected chi connectivity index (χ4v) is 2.64. The quantitative estimate of drug-likeness (QED) is 0.813. The molecule has 1 fully saturated rings. The molecule has 0 bridgehead atoms. The summed E-state index contributed by atoms with van der Waals surface area (Å²) >= 11 is 0. The first-order valence-electron chi connectivity index (χ1n) is 7.54. The van der Waals surface area contributed by atoms with E-state index < -0.39 is 0 Å². The molecule has 2 rings (SSSR count). The number of carbonyl (C=O) groups is 1. The number of nitrogens with two attached hydrogens (primary N) is 1. The second-order valence-electron chi connectivity index (χ2n) is 5.31. The molecule has 1 amide bonds. The topological polar surface area (TPSA) is 64.3 Å². The zero-order chi connectivity index (χ0) is 14.2. The van der Waals surface area contributed by atoms with Gasteiger partial charge in [0.25, 0.3) is 0 Å². The van der Waals surface area contributed by atoms with Crippen molar-refractivity contribution in [2.45, 2.75) is 38.5 Å². The lowest BCUT2D eigenvalue weighted by atomic mass is 9.99. The van der Waals surface area contributed by atoms with Gasteiger partial charge in [-0.15, -0.1) is 0 Å². The average molecular weight is 276 g/mol. The van der Waals surface area contributed by atoms with E-state index in [1.165, 1.54) is 12.8 Å². The summed E-state index contributed by atoms with van der Waals surface area (Å²) in [6, 6.07) is 7.53. The first-order chi connectivity index (χ1) is 9.81. The molecule has 1 aromatic carbocycles. The zero-order valence-electron chi connectivity index (χ0n) is 11.9. The minimum Gasteiger partial charge on any atom is -0.490 e. The molecule has 1 aliphatic rings. The Morgan fingerprint density at radius 3 is 2.60 bits per heavy atom. The molecule has 4 heteroatoms. The van der Waals surface area contributed by atoms with Crippen LogP contribution in [-0.4, -0.2) is 19.1 Å². The number of anilines is 1. The Balaban J connectivity index is 1.99. The van der Waals surface area contributed by atoms with Crippen LogP contribution in [0.25, 0.3) is 0 Å². The first-order valence-corrected chi connectivity index (χ1v) is 7.54. The minimum absolute atomic E-state index is 0.121. The molecule has 0 spiro atoms. The Labute approximate surface area is 120 Å². The molecule has 4 nitrogen and oxygen atoms in total. The van der Waals surface area contributed by atoms with Gasteiger partial charge in [0.15, 0.2) is 0 Å². The third-order valence-electron chi connectivity index (χ3n) is 3.75. The SMILES string of the molecule is NCCOc1ccccc1NC(=O)C1CCCCCC1. The van der Waals surface area contributed by atoms with Crippen molar-refractivity contribution in [1.29, 1.82) is 0 Å². The number of benzene rings is 1. The standard InChI is InChI=1S/C16H24N2O2/c17-11-12-20-15-10-6-5-9-14(15)18-16(19)13-7-3-1-2-4-8-13/h5-6,9-10,13H,1-4,7-8,11-12,17H2,(H,18,19). The van der Waals surface area contributed by atoms with Gasteiger partial charge < -0.3 is 15.8 Å². The van der Waals surface area contributed by atoms with E-state index in [1.807, 2.05) is 24.3 Å². The van der Waals surface area contributed by atoms with E-state index in [0.29, 0.717) is 18.9 Å². The molecule has 0 radical (unpaired) electrons. The van der Waals surface area contributed by atoms with Crippen LogP contribution in [0, 0.1) is 5.92 Å². The molecule has 3 N–H and O–H groups in total. The Morgan fingerprint density at radius 2 is 1.90 bits per heavy atom. The third kappa shape index (κ3) is 4.23. The maximum absolute atomic E-state index is 12.4. The van der Waals surface area contributed by atoms with Crippen LogP contribution >= 0.6 is 0 Å². The van der Waals surface area contributed by atoms with Crippen molar-refractivity contribution in [2.75, 3.05) is 18.5 Å². The highest BCUT2D eigenvalue weighted by Gasteiger charge is 2.20. The number of hydrogen-bond donors (Lipinski definition) is 2. The molecule has 0 atom stereocenters. The molecule has 0 unspecified atom stereocenters. The van der Waals surface area contributed by atoms with Crippen molar-refractivity contribution in [1.82, 2.24) is 0 Å². The smallest absolute Gasteiger partial charge is 0.227 e. The van der Waals surface area contributed by atoms with Crippen LogP contribution in [0.1, 0.15) is 38.5 Å². The van der Waals surface area contributed by atoms with Gasteiger partial charge >= 0.3 is 0 Å². The van der Waals surface area contributed by atoms with Crippen LogP contribution in [0.15, 0.2) is 24.3 Å². The highest BCUT2D eigenvalue weighted by molar-refractivity contribution is 5.93. The molecule has 0 aliphatic heterocycles. The van der Waals surface area contributed by atoms with Gasteiger partial charge in [0, 0.05) is 12.5 Å². The summed E-state index contributed by atoms with van der Waals surface area (Å²) < 4.78 is 5.56. The predicted molar refractivity (Wildman–Crippen MR) is 80.8 cm³/mol. The number of carbonyl (C=O) groups excluding carboxylic acids is 1. The van der Waals surface area contributed by atoms with Gasteiger partial charge in [-0.3, -0.25) is 4.79 Å². The van der Waals surface area contributed by atoms with Crippen LogP contribution in [0.2, 0.25) is 0 Å². The molecule has 20 heavy (non-hydrogen) atoms. The fraction of sp³-hybridized carbons (Fsp3) is 0.562. The fourth-order valence-electron chi connectivity index (χ4n) is 2.64. The second-order valence-corrected chi connectivity index (χ2v) is 5.31. The summed E-state index contributed by atoms with van der Waals surface area (Å²) in [6.07, 6.45) is 6.81. The van der Waals surface area contributed by atoms with Crippen LogP contribution < -0.4 is 15.8 Å². The van der Waals surface area contributed by atoms with Crippen LogP contribution in [0.4, 0.5) is 5.69 Å². The number of rotatable bonds is 5. The Morgan fingerprint density at radius 1 is 1.20 bits per heavy atom. The van der Waals surface area contributed by atoms with Crippen LogP contribution in [0.5, 0.6) is 5.75 Å². The first kappa shape index (κ1) is 14.9. The van der Waals surface area contributed by atoms with Crippen molar-refractivity contribution >= 4 is 11.6 Å². The third-order valence-corrected chi connectivity index (χ3v) is 3.75. The minimum atomic E-state index is 0.121. The summed E-state index contributed by atoms with van der Waals surface area (Å²) in [5.74, 6) is 0.954. The maximum atomic E-state index is 12.4. The molecule has 1 aliphatic carbocycles. The van der Waals surface area contributed by atoms with Gasteiger partial charge in [-0.05, 0) is 25.0 Å². The van der Waals surface area contributed by atoms with E-state index >= 15 is 0 Å². The lowest BCUT2D eigenvalue weighted by molar-refractivity contribution is -0.120. The number of hydrogen-bond acceptors (Lipinski definition) is 3. The molecular weight excluding hydrogens is 252 g/mol. The summed E-state index contributed by atoms with van der Waals surface area (Å²) in [6.45, 7) is 0.918. The largest absolute Gasteiger partial charge is 0.490 e. The van der Waals surface area contributed by atoms with E-state index in [-0.39, 0.29) is 11.8 Å². The molecule has 110 valence electrons. The van der Waals surface area contributed by atoms with Crippen molar-refractivity contribution in [3.63, 3.8) is 0 Å². The number of ether oxygens (including phenoxy) is 1. The molecule has 1 aromatic rings. The van der Waals surface area contributed by atoms with Gasteiger partial charge in [0.1, 0.15) is 12.4 Å². The van der Waals surface area contributed by atoms with E-state index in [9.17, 15) is 4.79 Å². The molecule has 1 saturated carbocycles. The highest BCUT2D eigenvalue weighted by atomic mass is 16.5. The highest BCUT2D eigenvalue weighted by Crippen LogP contribution is 2.27. The lowest BCUT2D eigenvalue weighted by Gasteiger charge is -2.16. The van der Waals surface area contributed by atoms with Crippen LogP contribution in [0.3, 0.4) is 0 Å². The van der Waals surface area contributed by atoms with Gasteiger partial charge in [0.05, 0.1) is 5.69 Å². The number of amides is 1. The van der Waals surface area contributed by atoms with Crippen LogP contribution in [-0.2, 0) is 4.79 Å². The van der Waals surface area contributed by atoms with Crippen molar-refractivity contribution < 1.29 is 9.53 Å². The molecule has 0 heterocycles. The average Bonchev–Trinajstić information content (AvgIpc) is 2.75. The van der Waals surface area contributed by atoms with Gasteiger partial charge in [0.2, 0.25) is 5.91 Å². The predicted octanol–water partition coefficient (Wildman–Crippen LogP) is 2.93. The van der Waals surface area contributed by atoms with E-state index in [0.717, 1.165) is 31.4 Å². The Hall–Kier alpha value is -1.55. The Kier molecular flexibility index (Phi) is 5.87. The van der Waals surface area contributed by atoms with E-state index in [2.05, 4.69) is 5.32 Å². The molecule has 0 saturated heterocycles. The number of nitrogens with one attached hydrogen (secondary N) is 1. The van der Waals surface area contributed by atoms with E-state index in [4.69, 9.17) is 10.5 Å². The number of para-hydroxylation sites is 2. The summed E-state index contributed by atoms with van der Waals surface area (Å²) in [5.41, 5.74) is 6.20. The Bertz CT molecular complexity index is 426. The second kappa shape index (κ2) is 7.90. The monoisotopic (exact) mass is 276 g/mol. The molecular formula is C16H24N2O2. The molecule has 0 aromatic heterocycles. The zero-order valence-corrected chi connectivity index (χ0v) is 11.9. The van der Waals surface area contributed by atoms with Gasteiger partial charge in [-0.25, -0.2) is 0 Å². The van der Waals surface area contributed by atoms with E-state index in [1.54, 1.807) is 0 Å². The van der Waals surface area contributed by atoms with Crippen molar-refractivity contribution in [3.05, 3.63) is 24.3 Å². The van der Waals surface area contributed by atoms with Crippen molar-refractivity contribution in [2.24, 2.45) is 11.7 Å². The normalized spacial score (nSPS) is 16.4. The van der Waals surface area contributed by atoms with Crippen molar-refractivity contribution in [3.8, 4) is 5.75 Å². The lowest BCUT2D eigenvalue weighted by Crippen LogP contribution is -2.23. The summed E-state index contributed by atoms with van der Waals surface area (Å²) in [4.78, 5) is 12.4. The van der Waals surface area contributed by atoms with Gasteiger partial charge in [-0.1, -0.05) is 37.8 Å². The summed E-state index contributed by atoms with van der Waals surface area (Å²) in [5, 5.41) is 3.01. The summed E-state index contributed by atoms with van der Waals surface area (Å²) in [7, 11) is 0. The maximum Gasteiger partial charge on any atom is 0.227 e.